The summed E-state index contributed by atoms with van der Waals surface area (Å²) in [5.74, 6) is 0. The van der Waals surface area contributed by atoms with Crippen LogP contribution in [0.4, 0.5) is 0 Å². The largest absolute Gasteiger partial charge is 0.381 e. The smallest absolute Gasteiger partial charge is 0.131 e. The number of aliphatic hydroxyl groups excluding tert-OH is 1. The minimum Gasteiger partial charge on any atom is -0.381 e. The third-order valence-electron chi connectivity index (χ3n) is 2.18. The summed E-state index contributed by atoms with van der Waals surface area (Å²) in [5, 5.41) is 17.6. The van der Waals surface area contributed by atoms with Crippen LogP contribution in [-0.4, -0.2) is 20.1 Å². The van der Waals surface area contributed by atoms with Crippen molar-refractivity contribution in [2.75, 3.05) is 0 Å². The molecule has 2 aromatic heterocycles. The van der Waals surface area contributed by atoms with Crippen LogP contribution in [0.15, 0.2) is 16.7 Å². The average molecular weight is 288 g/mol. The zero-order valence-corrected chi connectivity index (χ0v) is 10.7. The van der Waals surface area contributed by atoms with Crippen LogP contribution < -0.4 is 0 Å². The summed E-state index contributed by atoms with van der Waals surface area (Å²) in [6.45, 7) is 2.01. The molecule has 2 aromatic rings. The molecule has 15 heavy (non-hydrogen) atoms. The molecule has 0 aliphatic carbocycles. The molecule has 0 saturated heterocycles. The van der Waals surface area contributed by atoms with Crippen molar-refractivity contribution in [2.45, 2.75) is 13.0 Å². The third kappa shape index (κ3) is 1.97. The van der Waals surface area contributed by atoms with E-state index in [-0.39, 0.29) is 0 Å². The van der Waals surface area contributed by atoms with Gasteiger partial charge in [-0.15, -0.1) is 16.4 Å². The first kappa shape index (κ1) is 10.8. The van der Waals surface area contributed by atoms with Crippen molar-refractivity contribution in [1.29, 1.82) is 0 Å². The van der Waals surface area contributed by atoms with E-state index in [2.05, 4.69) is 26.2 Å². The number of aryl methyl sites for hydroxylation is 2. The first-order valence-electron chi connectivity index (χ1n) is 4.38. The molecule has 0 aliphatic heterocycles. The lowest BCUT2D eigenvalue weighted by atomic mass is 10.2. The maximum Gasteiger partial charge on any atom is 0.131 e. The highest BCUT2D eigenvalue weighted by Crippen LogP contribution is 2.33. The number of hydrogen-bond acceptors (Lipinski definition) is 4. The van der Waals surface area contributed by atoms with Crippen molar-refractivity contribution >= 4 is 27.3 Å². The maximum absolute atomic E-state index is 10.1. The van der Waals surface area contributed by atoms with Gasteiger partial charge < -0.3 is 5.11 Å². The molecular formula is C9H10BrN3OS. The summed E-state index contributed by atoms with van der Waals surface area (Å²) in [6, 6.07) is 1.93. The van der Waals surface area contributed by atoms with Crippen LogP contribution in [0.5, 0.6) is 0 Å². The van der Waals surface area contributed by atoms with E-state index in [4.69, 9.17) is 0 Å². The number of aliphatic hydroxyl groups is 1. The topological polar surface area (TPSA) is 50.9 Å². The molecule has 1 atom stereocenters. The van der Waals surface area contributed by atoms with Gasteiger partial charge in [0, 0.05) is 21.3 Å². The SMILES string of the molecule is Cc1sc(C(O)c2cnnn2C)cc1Br. The number of hydrogen-bond donors (Lipinski definition) is 1. The van der Waals surface area contributed by atoms with Gasteiger partial charge in [-0.2, -0.15) is 0 Å². The van der Waals surface area contributed by atoms with Gasteiger partial charge in [0.25, 0.3) is 0 Å². The zero-order chi connectivity index (χ0) is 11.0. The monoisotopic (exact) mass is 287 g/mol. The van der Waals surface area contributed by atoms with E-state index < -0.39 is 6.10 Å². The van der Waals surface area contributed by atoms with Gasteiger partial charge >= 0.3 is 0 Å². The minimum absolute atomic E-state index is 0.653. The van der Waals surface area contributed by atoms with Gasteiger partial charge in [0.15, 0.2) is 0 Å². The number of halogens is 1. The highest BCUT2D eigenvalue weighted by atomic mass is 79.9. The highest BCUT2D eigenvalue weighted by Gasteiger charge is 2.17. The molecular weight excluding hydrogens is 278 g/mol. The van der Waals surface area contributed by atoms with Crippen molar-refractivity contribution in [1.82, 2.24) is 15.0 Å². The quantitative estimate of drug-likeness (QED) is 0.920. The first-order chi connectivity index (χ1) is 7.09. The summed E-state index contributed by atoms with van der Waals surface area (Å²) in [7, 11) is 1.76. The maximum atomic E-state index is 10.1. The highest BCUT2D eigenvalue weighted by molar-refractivity contribution is 9.10. The molecule has 2 rings (SSSR count). The van der Waals surface area contributed by atoms with E-state index in [1.807, 2.05) is 13.0 Å². The van der Waals surface area contributed by atoms with Gasteiger partial charge in [0.2, 0.25) is 0 Å². The molecule has 0 fully saturated rings. The normalized spacial score (nSPS) is 13.1. The van der Waals surface area contributed by atoms with E-state index in [0.29, 0.717) is 5.69 Å². The fourth-order valence-corrected chi connectivity index (χ4v) is 2.87. The lowest BCUT2D eigenvalue weighted by Crippen LogP contribution is -2.04. The number of nitrogens with zero attached hydrogens (tertiary/aromatic N) is 3. The van der Waals surface area contributed by atoms with Crippen molar-refractivity contribution in [3.05, 3.63) is 32.2 Å². The molecule has 0 saturated carbocycles. The zero-order valence-electron chi connectivity index (χ0n) is 8.31. The standard InChI is InChI=1S/C9H10BrN3OS/c1-5-6(10)3-8(15-5)9(14)7-4-11-12-13(7)2/h3-4,9,14H,1-2H3. The predicted octanol–water partition coefficient (Wildman–Crippen LogP) is 2.03. The Morgan fingerprint density at radius 3 is 2.80 bits per heavy atom. The Balaban J connectivity index is 2.36. The van der Waals surface area contributed by atoms with Gasteiger partial charge in [-0.05, 0) is 28.9 Å². The fourth-order valence-electron chi connectivity index (χ4n) is 1.31. The number of aromatic nitrogens is 3. The van der Waals surface area contributed by atoms with Crippen LogP contribution in [0, 0.1) is 6.92 Å². The molecule has 0 aliphatic rings. The van der Waals surface area contributed by atoms with Crippen LogP contribution >= 0.6 is 27.3 Å². The number of rotatable bonds is 2. The molecule has 6 heteroatoms. The van der Waals surface area contributed by atoms with Crippen molar-refractivity contribution in [3.8, 4) is 0 Å². The predicted molar refractivity (Wildman–Crippen MR) is 61.8 cm³/mol. The van der Waals surface area contributed by atoms with Crippen molar-refractivity contribution in [2.24, 2.45) is 7.05 Å². The van der Waals surface area contributed by atoms with Crippen molar-refractivity contribution in [3.63, 3.8) is 0 Å². The van der Waals surface area contributed by atoms with E-state index in [1.165, 1.54) is 0 Å². The van der Waals surface area contributed by atoms with Gasteiger partial charge in [-0.1, -0.05) is 5.21 Å². The Labute approximate surface area is 99.7 Å². The van der Waals surface area contributed by atoms with Crippen molar-refractivity contribution < 1.29 is 5.11 Å². The third-order valence-corrected chi connectivity index (χ3v) is 4.36. The molecule has 0 spiro atoms. The van der Waals surface area contributed by atoms with Crippen LogP contribution in [0.3, 0.4) is 0 Å². The minimum atomic E-state index is -0.653. The molecule has 1 N–H and O–H groups in total. The molecule has 0 amide bonds. The summed E-state index contributed by atoms with van der Waals surface area (Å²) >= 11 is 4.99. The Morgan fingerprint density at radius 1 is 1.60 bits per heavy atom. The second-order valence-electron chi connectivity index (χ2n) is 3.24. The molecule has 0 aromatic carbocycles. The van der Waals surface area contributed by atoms with Gasteiger partial charge in [0.05, 0.1) is 11.9 Å². The Morgan fingerprint density at radius 2 is 2.33 bits per heavy atom. The second-order valence-corrected chi connectivity index (χ2v) is 5.38. The van der Waals surface area contributed by atoms with Crippen LogP contribution in [0.25, 0.3) is 0 Å². The lowest BCUT2D eigenvalue weighted by Gasteiger charge is -2.06. The Hall–Kier alpha value is -0.720. The second kappa shape index (κ2) is 4.03. The number of thiophene rings is 1. The average Bonchev–Trinajstić information content (AvgIpc) is 2.74. The van der Waals surface area contributed by atoms with Gasteiger partial charge in [0.1, 0.15) is 6.10 Å². The molecule has 4 nitrogen and oxygen atoms in total. The van der Waals surface area contributed by atoms with E-state index >= 15 is 0 Å². The molecule has 1 unspecified atom stereocenters. The molecule has 80 valence electrons. The molecule has 0 bridgehead atoms. The summed E-state index contributed by atoms with van der Waals surface area (Å²) in [5.41, 5.74) is 0.698. The van der Waals surface area contributed by atoms with Crippen LogP contribution in [0.1, 0.15) is 21.6 Å². The summed E-state index contributed by atoms with van der Waals surface area (Å²) in [6.07, 6.45) is 0.924. The van der Waals surface area contributed by atoms with E-state index in [1.54, 1.807) is 29.3 Å². The van der Waals surface area contributed by atoms with E-state index in [9.17, 15) is 5.11 Å². The van der Waals surface area contributed by atoms with Gasteiger partial charge in [-0.3, -0.25) is 0 Å². The summed E-state index contributed by atoms with van der Waals surface area (Å²) in [4.78, 5) is 2.05. The van der Waals surface area contributed by atoms with Crippen LogP contribution in [-0.2, 0) is 7.05 Å². The molecule has 0 radical (unpaired) electrons. The molecule has 2 heterocycles. The lowest BCUT2D eigenvalue weighted by molar-refractivity contribution is 0.213. The van der Waals surface area contributed by atoms with Gasteiger partial charge in [-0.25, -0.2) is 4.68 Å². The summed E-state index contributed by atoms with van der Waals surface area (Å²) < 4.78 is 2.60. The van der Waals surface area contributed by atoms with E-state index in [0.717, 1.165) is 14.2 Å². The van der Waals surface area contributed by atoms with Crippen LogP contribution in [0.2, 0.25) is 0 Å². The Bertz CT molecular complexity index is 460. The Kier molecular flexibility index (Phi) is 2.90. The fraction of sp³-hybridized carbons (Fsp3) is 0.333. The first-order valence-corrected chi connectivity index (χ1v) is 5.99.